The first-order valence-electron chi connectivity index (χ1n) is 7.40. The van der Waals surface area contributed by atoms with Crippen molar-refractivity contribution in [2.24, 2.45) is 0 Å². The fourth-order valence-electron chi connectivity index (χ4n) is 2.45. The molecule has 0 atom stereocenters. The lowest BCUT2D eigenvalue weighted by atomic mass is 10.1. The molecule has 0 amide bonds. The highest BCUT2D eigenvalue weighted by molar-refractivity contribution is 7.19. The second kappa shape index (κ2) is 7.38. The van der Waals surface area contributed by atoms with Gasteiger partial charge in [-0.3, -0.25) is 0 Å². The van der Waals surface area contributed by atoms with Crippen LogP contribution in [0.5, 0.6) is 0 Å². The number of hydrogen-bond donors (Lipinski definition) is 0. The summed E-state index contributed by atoms with van der Waals surface area (Å²) in [5.74, 6) is -0.479. The fourth-order valence-corrected chi connectivity index (χ4v) is 4.07. The van der Waals surface area contributed by atoms with Crippen LogP contribution < -0.4 is 0 Å². The molecule has 0 N–H and O–H groups in total. The number of carbonyl (C=O) groups is 1. The van der Waals surface area contributed by atoms with Crippen molar-refractivity contribution in [1.29, 1.82) is 0 Å². The highest BCUT2D eigenvalue weighted by Crippen LogP contribution is 2.37. The van der Waals surface area contributed by atoms with E-state index in [2.05, 4.69) is 5.10 Å². The standard InChI is InChI=1S/C17H13Cl3N2O2S/c1-3-24-17(23)15-9(2)16(13-6-7-14(20)25-13)22(21-15)12-5-4-10(18)8-11(12)19/h4-8H,3H2,1-2H3. The van der Waals surface area contributed by atoms with Crippen LogP contribution in [0.3, 0.4) is 0 Å². The Labute approximate surface area is 163 Å². The zero-order chi connectivity index (χ0) is 18.1. The van der Waals surface area contributed by atoms with Crippen molar-refractivity contribution < 1.29 is 9.53 Å². The predicted octanol–water partition coefficient (Wildman–Crippen LogP) is 6.05. The molecule has 2 heterocycles. The molecule has 3 rings (SSSR count). The van der Waals surface area contributed by atoms with E-state index in [9.17, 15) is 4.79 Å². The summed E-state index contributed by atoms with van der Waals surface area (Å²) in [6, 6.07) is 8.78. The van der Waals surface area contributed by atoms with E-state index in [-0.39, 0.29) is 12.3 Å². The van der Waals surface area contributed by atoms with Crippen molar-refractivity contribution in [1.82, 2.24) is 9.78 Å². The maximum atomic E-state index is 12.3. The average Bonchev–Trinajstić information content (AvgIpc) is 3.11. The van der Waals surface area contributed by atoms with Gasteiger partial charge in [0.15, 0.2) is 5.69 Å². The number of carbonyl (C=O) groups excluding carboxylic acids is 1. The van der Waals surface area contributed by atoms with Gasteiger partial charge in [0.2, 0.25) is 0 Å². The quantitative estimate of drug-likeness (QED) is 0.487. The summed E-state index contributed by atoms with van der Waals surface area (Å²) in [7, 11) is 0. The van der Waals surface area contributed by atoms with Crippen LogP contribution in [0.2, 0.25) is 14.4 Å². The molecule has 0 radical (unpaired) electrons. The first-order chi connectivity index (χ1) is 11.9. The van der Waals surface area contributed by atoms with Crippen LogP contribution in [0.4, 0.5) is 0 Å². The Morgan fingerprint density at radius 2 is 2.00 bits per heavy atom. The first kappa shape index (κ1) is 18.3. The fraction of sp³-hybridized carbons (Fsp3) is 0.176. The third kappa shape index (κ3) is 3.55. The summed E-state index contributed by atoms with van der Waals surface area (Å²) in [5.41, 5.74) is 2.30. The molecule has 0 saturated heterocycles. The molecule has 25 heavy (non-hydrogen) atoms. The van der Waals surface area contributed by atoms with Crippen LogP contribution in [-0.4, -0.2) is 22.4 Å². The normalized spacial score (nSPS) is 10.9. The summed E-state index contributed by atoms with van der Waals surface area (Å²) in [6.45, 7) is 3.84. The minimum Gasteiger partial charge on any atom is -0.461 e. The Balaban J connectivity index is 2.25. The molecular formula is C17H13Cl3N2O2S. The molecule has 130 valence electrons. The topological polar surface area (TPSA) is 44.1 Å². The zero-order valence-corrected chi connectivity index (χ0v) is 16.4. The van der Waals surface area contributed by atoms with E-state index in [4.69, 9.17) is 39.5 Å². The monoisotopic (exact) mass is 414 g/mol. The van der Waals surface area contributed by atoms with Gasteiger partial charge >= 0.3 is 5.97 Å². The Bertz CT molecular complexity index is 950. The van der Waals surface area contributed by atoms with E-state index in [0.29, 0.717) is 25.6 Å². The smallest absolute Gasteiger partial charge is 0.359 e. The van der Waals surface area contributed by atoms with Crippen LogP contribution in [0.1, 0.15) is 23.0 Å². The lowest BCUT2D eigenvalue weighted by molar-refractivity contribution is 0.0518. The molecule has 0 fully saturated rings. The van der Waals surface area contributed by atoms with Gasteiger partial charge in [-0.25, -0.2) is 9.48 Å². The van der Waals surface area contributed by atoms with Gasteiger partial charge in [-0.15, -0.1) is 11.3 Å². The van der Waals surface area contributed by atoms with E-state index in [0.717, 1.165) is 10.6 Å². The second-order valence-electron chi connectivity index (χ2n) is 5.15. The van der Waals surface area contributed by atoms with Gasteiger partial charge in [0, 0.05) is 10.6 Å². The second-order valence-corrected chi connectivity index (χ2v) is 7.71. The number of benzene rings is 1. The molecule has 0 aliphatic heterocycles. The summed E-state index contributed by atoms with van der Waals surface area (Å²) in [5, 5.41) is 5.40. The lowest BCUT2D eigenvalue weighted by Gasteiger charge is -2.09. The Kier molecular flexibility index (Phi) is 5.39. The summed E-state index contributed by atoms with van der Waals surface area (Å²) >= 11 is 19.8. The molecule has 0 bridgehead atoms. The number of aromatic nitrogens is 2. The molecule has 3 aromatic rings. The Morgan fingerprint density at radius 1 is 1.24 bits per heavy atom. The highest BCUT2D eigenvalue weighted by Gasteiger charge is 2.24. The van der Waals surface area contributed by atoms with Gasteiger partial charge in [-0.1, -0.05) is 34.8 Å². The van der Waals surface area contributed by atoms with Gasteiger partial charge in [-0.2, -0.15) is 5.10 Å². The van der Waals surface area contributed by atoms with Gasteiger partial charge in [0.1, 0.15) is 0 Å². The highest BCUT2D eigenvalue weighted by atomic mass is 35.5. The molecular weight excluding hydrogens is 403 g/mol. The Morgan fingerprint density at radius 3 is 2.60 bits per heavy atom. The van der Waals surface area contributed by atoms with Gasteiger partial charge < -0.3 is 4.74 Å². The molecule has 0 aliphatic carbocycles. The summed E-state index contributed by atoms with van der Waals surface area (Å²) < 4.78 is 7.38. The van der Waals surface area contributed by atoms with E-state index in [1.807, 2.05) is 13.0 Å². The molecule has 2 aromatic heterocycles. The summed E-state index contributed by atoms with van der Waals surface area (Å²) in [6.07, 6.45) is 0. The van der Waals surface area contributed by atoms with Gasteiger partial charge in [-0.05, 0) is 44.2 Å². The molecule has 4 nitrogen and oxygen atoms in total. The molecule has 0 unspecified atom stereocenters. The van der Waals surface area contributed by atoms with E-state index < -0.39 is 5.97 Å². The molecule has 8 heteroatoms. The van der Waals surface area contributed by atoms with E-state index in [1.165, 1.54) is 11.3 Å². The largest absolute Gasteiger partial charge is 0.461 e. The molecule has 0 aliphatic rings. The SMILES string of the molecule is CCOC(=O)c1nn(-c2ccc(Cl)cc2Cl)c(-c2ccc(Cl)s2)c1C. The number of halogens is 3. The first-order valence-corrected chi connectivity index (χ1v) is 9.35. The van der Waals surface area contributed by atoms with Crippen molar-refractivity contribution in [3.8, 4) is 16.3 Å². The van der Waals surface area contributed by atoms with Crippen molar-refractivity contribution >= 4 is 52.1 Å². The Hall–Kier alpha value is -1.53. The third-order valence-electron chi connectivity index (χ3n) is 3.54. The molecule has 1 aromatic carbocycles. The number of esters is 1. The number of hydrogen-bond acceptors (Lipinski definition) is 4. The van der Waals surface area contributed by atoms with Gasteiger partial charge in [0.25, 0.3) is 0 Å². The van der Waals surface area contributed by atoms with Crippen LogP contribution in [0.25, 0.3) is 16.3 Å². The maximum absolute atomic E-state index is 12.3. The predicted molar refractivity (Wildman–Crippen MR) is 103 cm³/mol. The van der Waals surface area contributed by atoms with Crippen LogP contribution in [-0.2, 0) is 4.74 Å². The minimum absolute atomic E-state index is 0.243. The molecule has 0 saturated carbocycles. The van der Waals surface area contributed by atoms with Crippen LogP contribution in [0, 0.1) is 6.92 Å². The number of rotatable bonds is 4. The van der Waals surface area contributed by atoms with Crippen molar-refractivity contribution in [2.75, 3.05) is 6.61 Å². The number of ether oxygens (including phenoxy) is 1. The lowest BCUT2D eigenvalue weighted by Crippen LogP contribution is -2.07. The number of nitrogens with zero attached hydrogens (tertiary/aromatic N) is 2. The summed E-state index contributed by atoms with van der Waals surface area (Å²) in [4.78, 5) is 13.1. The van der Waals surface area contributed by atoms with Crippen LogP contribution in [0.15, 0.2) is 30.3 Å². The van der Waals surface area contributed by atoms with E-state index in [1.54, 1.807) is 35.9 Å². The van der Waals surface area contributed by atoms with Crippen molar-refractivity contribution in [3.05, 3.63) is 56.0 Å². The molecule has 0 spiro atoms. The third-order valence-corrected chi connectivity index (χ3v) is 5.31. The van der Waals surface area contributed by atoms with Crippen molar-refractivity contribution in [2.45, 2.75) is 13.8 Å². The van der Waals surface area contributed by atoms with Crippen molar-refractivity contribution in [3.63, 3.8) is 0 Å². The average molecular weight is 416 g/mol. The zero-order valence-electron chi connectivity index (χ0n) is 13.3. The van der Waals surface area contributed by atoms with Crippen LogP contribution >= 0.6 is 46.1 Å². The van der Waals surface area contributed by atoms with Gasteiger partial charge in [0.05, 0.1) is 32.2 Å². The maximum Gasteiger partial charge on any atom is 0.359 e. The minimum atomic E-state index is -0.479. The number of thiophene rings is 1. The van der Waals surface area contributed by atoms with E-state index >= 15 is 0 Å².